The van der Waals surface area contributed by atoms with Crippen LogP contribution in [0.3, 0.4) is 0 Å². The molecule has 0 radical (unpaired) electrons. The number of H-pyrrole nitrogens is 1. The molecule has 0 saturated heterocycles. The predicted molar refractivity (Wildman–Crippen MR) is 86.9 cm³/mol. The van der Waals surface area contributed by atoms with Gasteiger partial charge >= 0.3 is 0 Å². The van der Waals surface area contributed by atoms with E-state index in [0.29, 0.717) is 0 Å². The molecule has 1 aliphatic rings. The zero-order valence-corrected chi connectivity index (χ0v) is 12.7. The standard InChI is InChI=1S/C18H17N3O/c1-11-14-5-3-4-6-17(14)21-16(11)8-7-13(18(21)22)9-15-12(2)19-10-20-15/h3-6,9-10H,7-8H2,1-2H3,(H,19,20). The molecule has 1 aromatic carbocycles. The molecule has 0 atom stereocenters. The number of fused-ring (bicyclic) bond motifs is 3. The molecule has 3 aromatic rings. The average molecular weight is 291 g/mol. The van der Waals surface area contributed by atoms with Crippen molar-refractivity contribution in [3.05, 3.63) is 58.8 Å². The van der Waals surface area contributed by atoms with Gasteiger partial charge in [0.25, 0.3) is 5.91 Å². The number of aryl methyl sites for hydroxylation is 2. The van der Waals surface area contributed by atoms with Gasteiger partial charge in [0.2, 0.25) is 0 Å². The van der Waals surface area contributed by atoms with Crippen molar-refractivity contribution in [2.24, 2.45) is 0 Å². The summed E-state index contributed by atoms with van der Waals surface area (Å²) in [4.78, 5) is 20.3. The quantitative estimate of drug-likeness (QED) is 0.696. The Kier molecular flexibility index (Phi) is 2.79. The Bertz CT molecular complexity index is 927. The van der Waals surface area contributed by atoms with E-state index in [-0.39, 0.29) is 5.91 Å². The first-order valence-electron chi connectivity index (χ1n) is 7.51. The van der Waals surface area contributed by atoms with Crippen LogP contribution in [0, 0.1) is 13.8 Å². The molecule has 0 spiro atoms. The molecule has 0 fully saturated rings. The predicted octanol–water partition coefficient (Wildman–Crippen LogP) is 3.65. The topological polar surface area (TPSA) is 50.7 Å². The number of allylic oxidation sites excluding steroid dienone is 1. The van der Waals surface area contributed by atoms with E-state index in [1.54, 1.807) is 6.33 Å². The largest absolute Gasteiger partial charge is 0.348 e. The molecule has 1 N–H and O–H groups in total. The number of nitrogens with one attached hydrogen (secondary N) is 1. The minimum atomic E-state index is 0.0768. The number of hydrogen-bond donors (Lipinski definition) is 1. The van der Waals surface area contributed by atoms with Gasteiger partial charge in [-0.2, -0.15) is 0 Å². The Morgan fingerprint density at radius 1 is 1.23 bits per heavy atom. The summed E-state index contributed by atoms with van der Waals surface area (Å²) in [7, 11) is 0. The van der Waals surface area contributed by atoms with Gasteiger partial charge in [0, 0.05) is 22.3 Å². The van der Waals surface area contributed by atoms with E-state index in [2.05, 4.69) is 23.0 Å². The van der Waals surface area contributed by atoms with E-state index < -0.39 is 0 Å². The number of aromatic amines is 1. The fourth-order valence-electron chi connectivity index (χ4n) is 3.30. The number of imidazole rings is 1. The van der Waals surface area contributed by atoms with Gasteiger partial charge in [-0.1, -0.05) is 18.2 Å². The van der Waals surface area contributed by atoms with Gasteiger partial charge in [0.1, 0.15) is 0 Å². The minimum Gasteiger partial charge on any atom is -0.348 e. The van der Waals surface area contributed by atoms with Crippen molar-refractivity contribution in [2.45, 2.75) is 26.7 Å². The number of carbonyl (C=O) groups excluding carboxylic acids is 1. The molecule has 0 unspecified atom stereocenters. The number of nitrogens with zero attached hydrogens (tertiary/aromatic N) is 2. The SMILES string of the molecule is Cc1[nH]cnc1C=C1CCc2c(C)c3ccccc3n2C1=O. The average Bonchev–Trinajstić information content (AvgIpc) is 3.05. The molecule has 0 bridgehead atoms. The second-order valence-corrected chi connectivity index (χ2v) is 5.81. The van der Waals surface area contributed by atoms with Crippen LogP contribution in [-0.4, -0.2) is 20.4 Å². The van der Waals surface area contributed by atoms with Crippen molar-refractivity contribution < 1.29 is 4.79 Å². The second kappa shape index (κ2) is 4.70. The van der Waals surface area contributed by atoms with E-state index in [1.807, 2.05) is 35.8 Å². The summed E-state index contributed by atoms with van der Waals surface area (Å²) < 4.78 is 1.88. The Labute approximate surface area is 128 Å². The van der Waals surface area contributed by atoms with Crippen LogP contribution in [0.1, 0.15) is 33.9 Å². The van der Waals surface area contributed by atoms with Crippen molar-refractivity contribution in [2.75, 3.05) is 0 Å². The molecule has 4 nitrogen and oxygen atoms in total. The van der Waals surface area contributed by atoms with Gasteiger partial charge in [0.15, 0.2) is 0 Å². The zero-order chi connectivity index (χ0) is 15.3. The van der Waals surface area contributed by atoms with E-state index in [4.69, 9.17) is 0 Å². The van der Waals surface area contributed by atoms with Crippen LogP contribution >= 0.6 is 0 Å². The number of para-hydroxylation sites is 1. The van der Waals surface area contributed by atoms with Gasteiger partial charge in [-0.05, 0) is 44.4 Å². The van der Waals surface area contributed by atoms with Gasteiger partial charge in [-0.15, -0.1) is 0 Å². The van der Waals surface area contributed by atoms with Crippen molar-refractivity contribution in [1.82, 2.24) is 14.5 Å². The van der Waals surface area contributed by atoms with Crippen molar-refractivity contribution >= 4 is 22.9 Å². The van der Waals surface area contributed by atoms with Crippen LogP contribution in [0.2, 0.25) is 0 Å². The summed E-state index contributed by atoms with van der Waals surface area (Å²) in [6.07, 6.45) is 5.24. The molecule has 0 aliphatic carbocycles. The Morgan fingerprint density at radius 2 is 2.05 bits per heavy atom. The van der Waals surface area contributed by atoms with Crippen molar-refractivity contribution in [3.8, 4) is 0 Å². The Hall–Kier alpha value is -2.62. The number of hydrogen-bond acceptors (Lipinski definition) is 2. The smallest absolute Gasteiger partial charge is 0.258 e. The van der Waals surface area contributed by atoms with E-state index in [0.717, 1.165) is 41.0 Å². The summed E-state index contributed by atoms with van der Waals surface area (Å²) >= 11 is 0. The molecule has 2 aromatic heterocycles. The lowest BCUT2D eigenvalue weighted by atomic mass is 10.00. The van der Waals surface area contributed by atoms with Gasteiger partial charge in [0.05, 0.1) is 17.5 Å². The summed E-state index contributed by atoms with van der Waals surface area (Å²) in [6, 6.07) is 8.12. The van der Waals surface area contributed by atoms with Gasteiger partial charge in [-0.3, -0.25) is 9.36 Å². The fraction of sp³-hybridized carbons (Fsp3) is 0.222. The van der Waals surface area contributed by atoms with Crippen molar-refractivity contribution in [3.63, 3.8) is 0 Å². The van der Waals surface area contributed by atoms with Crippen LogP contribution in [0.5, 0.6) is 0 Å². The first kappa shape index (κ1) is 13.1. The van der Waals surface area contributed by atoms with Crippen LogP contribution < -0.4 is 0 Å². The van der Waals surface area contributed by atoms with Crippen LogP contribution in [0.15, 0.2) is 36.2 Å². The maximum atomic E-state index is 12.9. The molecule has 3 heterocycles. The highest BCUT2D eigenvalue weighted by Crippen LogP contribution is 2.32. The third kappa shape index (κ3) is 1.77. The molecule has 4 rings (SSSR count). The molecule has 0 saturated carbocycles. The Morgan fingerprint density at radius 3 is 2.82 bits per heavy atom. The first-order chi connectivity index (χ1) is 10.7. The van der Waals surface area contributed by atoms with Crippen LogP contribution in [0.25, 0.3) is 17.0 Å². The summed E-state index contributed by atoms with van der Waals surface area (Å²) in [5.74, 6) is 0.0768. The lowest BCUT2D eigenvalue weighted by molar-refractivity contribution is 0.0946. The van der Waals surface area contributed by atoms with Crippen molar-refractivity contribution in [1.29, 1.82) is 0 Å². The third-order valence-electron chi connectivity index (χ3n) is 4.54. The third-order valence-corrected chi connectivity index (χ3v) is 4.54. The second-order valence-electron chi connectivity index (χ2n) is 5.81. The van der Waals surface area contributed by atoms with Gasteiger partial charge in [-0.25, -0.2) is 4.98 Å². The minimum absolute atomic E-state index is 0.0768. The first-order valence-corrected chi connectivity index (χ1v) is 7.51. The number of benzene rings is 1. The van der Waals surface area contributed by atoms with E-state index in [1.165, 1.54) is 10.9 Å². The molecule has 1 aliphatic heterocycles. The fourth-order valence-corrected chi connectivity index (χ4v) is 3.30. The molecule has 22 heavy (non-hydrogen) atoms. The lowest BCUT2D eigenvalue weighted by Gasteiger charge is -2.18. The number of rotatable bonds is 1. The van der Waals surface area contributed by atoms with Crippen LogP contribution in [-0.2, 0) is 6.42 Å². The highest BCUT2D eigenvalue weighted by Gasteiger charge is 2.26. The number of carbonyl (C=O) groups is 1. The molecular formula is C18H17N3O. The maximum absolute atomic E-state index is 12.9. The molecule has 110 valence electrons. The highest BCUT2D eigenvalue weighted by molar-refractivity contribution is 6.07. The normalized spacial score (nSPS) is 16.5. The molecule has 0 amide bonds. The molecular weight excluding hydrogens is 274 g/mol. The highest BCUT2D eigenvalue weighted by atomic mass is 16.2. The van der Waals surface area contributed by atoms with Crippen LogP contribution in [0.4, 0.5) is 0 Å². The zero-order valence-electron chi connectivity index (χ0n) is 12.7. The number of aromatic nitrogens is 3. The maximum Gasteiger partial charge on any atom is 0.258 e. The lowest BCUT2D eigenvalue weighted by Crippen LogP contribution is -2.22. The summed E-state index contributed by atoms with van der Waals surface area (Å²) in [6.45, 7) is 4.07. The summed E-state index contributed by atoms with van der Waals surface area (Å²) in [5, 5.41) is 1.17. The van der Waals surface area contributed by atoms with E-state index >= 15 is 0 Å². The van der Waals surface area contributed by atoms with Gasteiger partial charge < -0.3 is 4.98 Å². The molecule has 4 heteroatoms. The monoisotopic (exact) mass is 291 g/mol. The van der Waals surface area contributed by atoms with E-state index in [9.17, 15) is 4.79 Å². The summed E-state index contributed by atoms with van der Waals surface area (Å²) in [5.41, 5.74) is 6.02. The Balaban J connectivity index is 1.89.